The van der Waals surface area contributed by atoms with Gasteiger partial charge in [0.15, 0.2) is 0 Å². The zero-order valence-electron chi connectivity index (χ0n) is 7.98. The van der Waals surface area contributed by atoms with Gasteiger partial charge in [0.25, 0.3) is 0 Å². The van der Waals surface area contributed by atoms with Gasteiger partial charge < -0.3 is 4.90 Å². The molecule has 0 aliphatic carbocycles. The van der Waals surface area contributed by atoms with Gasteiger partial charge in [-0.15, -0.1) is 0 Å². The van der Waals surface area contributed by atoms with E-state index < -0.39 is 5.82 Å². The van der Waals surface area contributed by atoms with Crippen LogP contribution >= 0.6 is 0 Å². The Morgan fingerprint density at radius 3 is 2.80 bits per heavy atom. The van der Waals surface area contributed by atoms with Crippen molar-refractivity contribution in [2.24, 2.45) is 5.92 Å². The van der Waals surface area contributed by atoms with Gasteiger partial charge in [-0.25, -0.2) is 4.39 Å². The second-order valence-electron chi connectivity index (χ2n) is 3.49. The SMILES string of the molecule is N#CC1CC(=O)N(c2ccccc2F)C1. The molecule has 2 rings (SSSR count). The highest BCUT2D eigenvalue weighted by Crippen LogP contribution is 2.26. The second kappa shape index (κ2) is 3.70. The predicted octanol–water partition coefficient (Wildman–Crippen LogP) is 1.70. The number of carbonyl (C=O) groups excluding carboxylic acids is 1. The second-order valence-corrected chi connectivity index (χ2v) is 3.49. The first-order chi connectivity index (χ1) is 7.22. The van der Waals surface area contributed by atoms with Crippen LogP contribution < -0.4 is 4.90 Å². The maximum absolute atomic E-state index is 13.4. The number of halogens is 1. The molecule has 1 amide bonds. The van der Waals surface area contributed by atoms with Crippen LogP contribution in [-0.4, -0.2) is 12.5 Å². The Morgan fingerprint density at radius 2 is 2.20 bits per heavy atom. The smallest absolute Gasteiger partial charge is 0.228 e. The number of hydrogen-bond donors (Lipinski definition) is 0. The molecule has 1 heterocycles. The number of carbonyl (C=O) groups is 1. The molecule has 0 spiro atoms. The van der Waals surface area contributed by atoms with Crippen LogP contribution in [-0.2, 0) is 4.79 Å². The van der Waals surface area contributed by atoms with E-state index in [0.717, 1.165) is 0 Å². The number of anilines is 1. The van der Waals surface area contributed by atoms with E-state index in [1.807, 2.05) is 6.07 Å². The number of nitriles is 1. The van der Waals surface area contributed by atoms with Crippen LogP contribution in [0.3, 0.4) is 0 Å². The first-order valence-corrected chi connectivity index (χ1v) is 4.67. The van der Waals surface area contributed by atoms with Crippen LogP contribution in [0, 0.1) is 23.1 Å². The van der Waals surface area contributed by atoms with Crippen molar-refractivity contribution in [3.63, 3.8) is 0 Å². The highest BCUT2D eigenvalue weighted by Gasteiger charge is 2.31. The van der Waals surface area contributed by atoms with E-state index in [4.69, 9.17) is 5.26 Å². The molecule has 1 aliphatic rings. The fourth-order valence-corrected chi connectivity index (χ4v) is 1.70. The monoisotopic (exact) mass is 204 g/mol. The molecule has 0 saturated carbocycles. The van der Waals surface area contributed by atoms with Gasteiger partial charge >= 0.3 is 0 Å². The van der Waals surface area contributed by atoms with Gasteiger partial charge in [-0.3, -0.25) is 4.79 Å². The molecule has 0 N–H and O–H groups in total. The maximum atomic E-state index is 13.4. The third-order valence-corrected chi connectivity index (χ3v) is 2.45. The van der Waals surface area contributed by atoms with Gasteiger partial charge in [-0.1, -0.05) is 12.1 Å². The number of hydrogen-bond acceptors (Lipinski definition) is 2. The molecule has 15 heavy (non-hydrogen) atoms. The van der Waals surface area contributed by atoms with Crippen molar-refractivity contribution in [3.05, 3.63) is 30.1 Å². The van der Waals surface area contributed by atoms with Gasteiger partial charge in [0.2, 0.25) is 5.91 Å². The summed E-state index contributed by atoms with van der Waals surface area (Å²) in [5, 5.41) is 8.70. The van der Waals surface area contributed by atoms with E-state index in [0.29, 0.717) is 0 Å². The Labute approximate surface area is 86.7 Å². The van der Waals surface area contributed by atoms with Gasteiger partial charge in [-0.05, 0) is 12.1 Å². The molecule has 4 heteroatoms. The average molecular weight is 204 g/mol. The molecule has 0 radical (unpaired) electrons. The lowest BCUT2D eigenvalue weighted by atomic mass is 10.1. The largest absolute Gasteiger partial charge is 0.308 e. The highest BCUT2D eigenvalue weighted by atomic mass is 19.1. The lowest BCUT2D eigenvalue weighted by molar-refractivity contribution is -0.117. The van der Waals surface area contributed by atoms with Crippen LogP contribution in [0.25, 0.3) is 0 Å². The molecule has 1 unspecified atom stereocenters. The van der Waals surface area contributed by atoms with Crippen LogP contribution in [0.15, 0.2) is 24.3 Å². The molecular formula is C11H9FN2O. The van der Waals surface area contributed by atoms with E-state index in [9.17, 15) is 9.18 Å². The molecule has 1 aliphatic heterocycles. The van der Waals surface area contributed by atoms with Crippen molar-refractivity contribution in [1.82, 2.24) is 0 Å². The predicted molar refractivity (Wildman–Crippen MR) is 52.5 cm³/mol. The van der Waals surface area contributed by atoms with Crippen molar-refractivity contribution < 1.29 is 9.18 Å². The van der Waals surface area contributed by atoms with Gasteiger partial charge in [0.1, 0.15) is 5.82 Å². The van der Waals surface area contributed by atoms with Crippen molar-refractivity contribution >= 4 is 11.6 Å². The molecular weight excluding hydrogens is 195 g/mol. The molecule has 0 aromatic heterocycles. The fraction of sp³-hybridized carbons (Fsp3) is 0.273. The lowest BCUT2D eigenvalue weighted by Gasteiger charge is -2.16. The summed E-state index contributed by atoms with van der Waals surface area (Å²) < 4.78 is 13.4. The van der Waals surface area contributed by atoms with E-state index in [1.165, 1.54) is 11.0 Å². The number of benzene rings is 1. The zero-order chi connectivity index (χ0) is 10.8. The summed E-state index contributed by atoms with van der Waals surface area (Å²) in [7, 11) is 0. The number of para-hydroxylation sites is 1. The molecule has 1 aromatic rings. The maximum Gasteiger partial charge on any atom is 0.228 e. The van der Waals surface area contributed by atoms with Crippen molar-refractivity contribution in [3.8, 4) is 6.07 Å². The van der Waals surface area contributed by atoms with Gasteiger partial charge in [0.05, 0.1) is 17.7 Å². The fourth-order valence-electron chi connectivity index (χ4n) is 1.70. The van der Waals surface area contributed by atoms with E-state index in [1.54, 1.807) is 18.2 Å². The molecule has 3 nitrogen and oxygen atoms in total. The number of amides is 1. The Kier molecular flexibility index (Phi) is 2.38. The van der Waals surface area contributed by atoms with E-state index >= 15 is 0 Å². The summed E-state index contributed by atoms with van der Waals surface area (Å²) in [5.41, 5.74) is 0.264. The van der Waals surface area contributed by atoms with Crippen LogP contribution in [0.1, 0.15) is 6.42 Å². The summed E-state index contributed by atoms with van der Waals surface area (Å²) in [4.78, 5) is 12.8. The van der Waals surface area contributed by atoms with Crippen LogP contribution in [0.2, 0.25) is 0 Å². The minimum absolute atomic E-state index is 0.185. The molecule has 1 fully saturated rings. The highest BCUT2D eigenvalue weighted by molar-refractivity contribution is 5.96. The van der Waals surface area contributed by atoms with Crippen molar-refractivity contribution in [1.29, 1.82) is 5.26 Å². The topological polar surface area (TPSA) is 44.1 Å². The average Bonchev–Trinajstić information content (AvgIpc) is 2.60. The summed E-state index contributed by atoms with van der Waals surface area (Å²) >= 11 is 0. The Balaban J connectivity index is 2.30. The quantitative estimate of drug-likeness (QED) is 0.698. The van der Waals surface area contributed by atoms with Crippen molar-refractivity contribution in [2.45, 2.75) is 6.42 Å². The van der Waals surface area contributed by atoms with Crippen LogP contribution in [0.4, 0.5) is 10.1 Å². The van der Waals surface area contributed by atoms with Crippen LogP contribution in [0.5, 0.6) is 0 Å². The number of nitrogens with zero attached hydrogens (tertiary/aromatic N) is 2. The van der Waals surface area contributed by atoms with Gasteiger partial charge in [0, 0.05) is 13.0 Å². The first kappa shape index (κ1) is 9.66. The summed E-state index contributed by atoms with van der Waals surface area (Å²) in [6, 6.07) is 8.13. The normalized spacial score (nSPS) is 20.4. The van der Waals surface area contributed by atoms with E-state index in [2.05, 4.69) is 0 Å². The Morgan fingerprint density at radius 1 is 1.47 bits per heavy atom. The third-order valence-electron chi connectivity index (χ3n) is 2.45. The minimum Gasteiger partial charge on any atom is -0.308 e. The summed E-state index contributed by atoms with van der Waals surface area (Å²) in [6.07, 6.45) is 0.185. The summed E-state index contributed by atoms with van der Waals surface area (Å²) in [6.45, 7) is 0.288. The molecule has 76 valence electrons. The van der Waals surface area contributed by atoms with E-state index in [-0.39, 0.29) is 30.5 Å². The molecule has 1 saturated heterocycles. The molecule has 1 atom stereocenters. The molecule has 0 bridgehead atoms. The third kappa shape index (κ3) is 1.68. The summed E-state index contributed by atoms with van der Waals surface area (Å²) in [5.74, 6) is -0.937. The zero-order valence-corrected chi connectivity index (χ0v) is 7.98. The standard InChI is InChI=1S/C11H9FN2O/c12-9-3-1-2-4-10(9)14-7-8(6-13)5-11(14)15/h1-4,8H,5,7H2. The van der Waals surface area contributed by atoms with Crippen molar-refractivity contribution in [2.75, 3.05) is 11.4 Å². The Hall–Kier alpha value is -1.89. The number of rotatable bonds is 1. The minimum atomic E-state index is -0.426. The molecule has 1 aromatic carbocycles. The Bertz CT molecular complexity index is 438. The lowest BCUT2D eigenvalue weighted by Crippen LogP contribution is -2.25. The first-order valence-electron chi connectivity index (χ1n) is 4.67. The van der Waals surface area contributed by atoms with Gasteiger partial charge in [-0.2, -0.15) is 5.26 Å².